The average molecular weight is 522 g/mol. The Morgan fingerprint density at radius 3 is 2.67 bits per heavy atom. The van der Waals surface area contributed by atoms with E-state index in [0.29, 0.717) is 11.3 Å². The van der Waals surface area contributed by atoms with Crippen LogP contribution < -0.4 is 16.0 Å². The number of hydrogen-bond acceptors (Lipinski definition) is 6. The Bertz CT molecular complexity index is 1010. The summed E-state index contributed by atoms with van der Waals surface area (Å²) < 4.78 is 6.27. The Kier molecular flexibility index (Phi) is 6.87. The number of ether oxygens (including phenoxy) is 1. The molecule has 0 spiro atoms. The summed E-state index contributed by atoms with van der Waals surface area (Å²) >= 11 is 2.20. The molecule has 3 rings (SSSR count). The van der Waals surface area contributed by atoms with E-state index < -0.39 is 23.0 Å². The third-order valence-corrected chi connectivity index (χ3v) is 5.10. The van der Waals surface area contributed by atoms with E-state index in [0.717, 1.165) is 9.26 Å². The summed E-state index contributed by atoms with van der Waals surface area (Å²) in [5, 5.41) is 19.6. The summed E-state index contributed by atoms with van der Waals surface area (Å²) in [4.78, 5) is 35.7. The van der Waals surface area contributed by atoms with Gasteiger partial charge < -0.3 is 20.7 Å². The number of benzene rings is 2. The molecular weight excluding hydrogens is 503 g/mol. The molecule has 0 aliphatic carbocycles. The lowest BCUT2D eigenvalue weighted by Gasteiger charge is -2.29. The van der Waals surface area contributed by atoms with Crippen LogP contribution in [0.5, 0.6) is 0 Å². The van der Waals surface area contributed by atoms with E-state index >= 15 is 0 Å². The van der Waals surface area contributed by atoms with Crippen LogP contribution >= 0.6 is 22.6 Å². The van der Waals surface area contributed by atoms with Crippen molar-refractivity contribution in [3.8, 4) is 0 Å². The van der Waals surface area contributed by atoms with Gasteiger partial charge in [-0.15, -0.1) is 0 Å². The van der Waals surface area contributed by atoms with Crippen LogP contribution in [-0.2, 0) is 9.53 Å². The quantitative estimate of drug-likeness (QED) is 0.222. The first-order valence-corrected chi connectivity index (χ1v) is 10.2. The molecule has 0 fully saturated rings. The van der Waals surface area contributed by atoms with Gasteiger partial charge in [-0.25, -0.2) is 9.59 Å². The van der Waals surface area contributed by atoms with E-state index in [-0.39, 0.29) is 24.4 Å². The molecule has 3 N–H and O–H groups in total. The molecule has 1 heterocycles. The highest BCUT2D eigenvalue weighted by molar-refractivity contribution is 14.1. The highest BCUT2D eigenvalue weighted by Crippen LogP contribution is 2.30. The summed E-state index contributed by atoms with van der Waals surface area (Å²) in [6.45, 7) is 1.99. The molecule has 0 radical (unpaired) electrons. The second-order valence-electron chi connectivity index (χ2n) is 6.36. The minimum absolute atomic E-state index is 0.137. The number of nitrogens with one attached hydrogen (secondary N) is 3. The topological polar surface area (TPSA) is 123 Å². The maximum Gasteiger partial charge on any atom is 0.338 e. The van der Waals surface area contributed by atoms with Crippen molar-refractivity contribution in [2.45, 2.75) is 13.0 Å². The van der Waals surface area contributed by atoms with Gasteiger partial charge in [-0.05, 0) is 59.3 Å². The van der Waals surface area contributed by atoms with Crippen molar-refractivity contribution in [3.63, 3.8) is 0 Å². The summed E-state index contributed by atoms with van der Waals surface area (Å²) in [7, 11) is 0. The molecule has 1 aliphatic rings. The van der Waals surface area contributed by atoms with Crippen LogP contribution in [0, 0.1) is 13.7 Å². The number of carbonyl (C=O) groups is 2. The largest absolute Gasteiger partial charge is 0.463 e. The van der Waals surface area contributed by atoms with Gasteiger partial charge in [0, 0.05) is 21.4 Å². The second-order valence-corrected chi connectivity index (χ2v) is 7.60. The monoisotopic (exact) mass is 522 g/mol. The van der Waals surface area contributed by atoms with E-state index in [2.05, 4.69) is 38.5 Å². The predicted molar refractivity (Wildman–Crippen MR) is 119 cm³/mol. The number of hydrogen-bond donors (Lipinski definition) is 3. The molecule has 1 unspecified atom stereocenters. The molecule has 0 saturated heterocycles. The Morgan fingerprint density at radius 1 is 1.27 bits per heavy atom. The number of nitro benzene ring substituents is 1. The molecule has 0 bridgehead atoms. The third kappa shape index (κ3) is 5.06. The van der Waals surface area contributed by atoms with Crippen LogP contribution in [0.3, 0.4) is 0 Å². The molecule has 2 amide bonds. The lowest BCUT2D eigenvalue weighted by atomic mass is 9.94. The normalized spacial score (nSPS) is 15.8. The van der Waals surface area contributed by atoms with E-state index in [4.69, 9.17) is 4.74 Å². The smallest absolute Gasteiger partial charge is 0.338 e. The molecule has 9 nitrogen and oxygen atoms in total. The fraction of sp³-hybridized carbons (Fsp3) is 0.200. The third-order valence-electron chi connectivity index (χ3n) is 4.38. The number of nitrogens with zero attached hydrogens (tertiary/aromatic N) is 1. The first kappa shape index (κ1) is 21.6. The van der Waals surface area contributed by atoms with Crippen LogP contribution in [0.15, 0.2) is 59.8 Å². The SMILES string of the molecule is CCOC(=O)C1=C(CNc2ccc(I)cc2)NC(=O)NC1c1cccc([N+](=O)[O-])c1. The number of carbonyl (C=O) groups excluding carboxylic acids is 2. The zero-order chi connectivity index (χ0) is 21.7. The van der Waals surface area contributed by atoms with Crippen molar-refractivity contribution in [2.24, 2.45) is 0 Å². The molecule has 0 saturated carbocycles. The Hall–Kier alpha value is -3.15. The number of amides is 2. The van der Waals surface area contributed by atoms with Gasteiger partial charge in [-0.2, -0.15) is 0 Å². The van der Waals surface area contributed by atoms with Gasteiger partial charge in [0.25, 0.3) is 5.69 Å². The van der Waals surface area contributed by atoms with Crippen molar-refractivity contribution >= 4 is 46.0 Å². The molecule has 1 aliphatic heterocycles. The average Bonchev–Trinajstić information content (AvgIpc) is 2.73. The minimum atomic E-state index is -0.883. The van der Waals surface area contributed by atoms with Crippen molar-refractivity contribution in [2.75, 3.05) is 18.5 Å². The lowest BCUT2D eigenvalue weighted by Crippen LogP contribution is -2.47. The number of halogens is 1. The van der Waals surface area contributed by atoms with Crippen molar-refractivity contribution < 1.29 is 19.2 Å². The van der Waals surface area contributed by atoms with E-state index in [1.807, 2.05) is 24.3 Å². The molecule has 0 aromatic heterocycles. The van der Waals surface area contributed by atoms with Gasteiger partial charge in [-0.1, -0.05) is 12.1 Å². The Balaban J connectivity index is 1.99. The number of anilines is 1. The fourth-order valence-corrected chi connectivity index (χ4v) is 3.39. The molecule has 2 aromatic rings. The zero-order valence-corrected chi connectivity index (χ0v) is 18.1. The van der Waals surface area contributed by atoms with Crippen molar-refractivity contribution in [3.05, 3.63) is 79.0 Å². The molecule has 1 atom stereocenters. The van der Waals surface area contributed by atoms with Gasteiger partial charge in [0.2, 0.25) is 0 Å². The highest BCUT2D eigenvalue weighted by Gasteiger charge is 2.34. The van der Waals surface area contributed by atoms with Crippen LogP contribution in [0.25, 0.3) is 0 Å². The predicted octanol–water partition coefficient (Wildman–Crippen LogP) is 3.48. The van der Waals surface area contributed by atoms with Crippen molar-refractivity contribution in [1.82, 2.24) is 10.6 Å². The first-order valence-electron chi connectivity index (χ1n) is 9.10. The Morgan fingerprint density at radius 2 is 2.00 bits per heavy atom. The van der Waals surface area contributed by atoms with Gasteiger partial charge in [0.1, 0.15) is 0 Å². The van der Waals surface area contributed by atoms with Gasteiger partial charge in [0.05, 0.1) is 35.4 Å². The van der Waals surface area contributed by atoms with E-state index in [1.54, 1.807) is 13.0 Å². The second kappa shape index (κ2) is 9.57. The van der Waals surface area contributed by atoms with Gasteiger partial charge in [0.15, 0.2) is 0 Å². The summed E-state index contributed by atoms with van der Waals surface area (Å²) in [5.74, 6) is -0.610. The van der Waals surface area contributed by atoms with Gasteiger partial charge >= 0.3 is 12.0 Å². The molecular formula is C20H19IN4O5. The standard InChI is InChI=1S/C20H19IN4O5/c1-2-30-19(26)17-16(11-22-14-8-6-13(21)7-9-14)23-20(27)24-18(17)12-4-3-5-15(10-12)25(28)29/h3-10,18,22H,2,11H2,1H3,(H2,23,24,27). The first-order chi connectivity index (χ1) is 14.4. The number of nitro groups is 1. The summed E-state index contributed by atoms with van der Waals surface area (Å²) in [6.07, 6.45) is 0. The lowest BCUT2D eigenvalue weighted by molar-refractivity contribution is -0.384. The summed E-state index contributed by atoms with van der Waals surface area (Å²) in [6, 6.07) is 12.0. The van der Waals surface area contributed by atoms with Crippen molar-refractivity contribution in [1.29, 1.82) is 0 Å². The van der Waals surface area contributed by atoms with Crippen LogP contribution in [-0.4, -0.2) is 30.1 Å². The molecule has 10 heteroatoms. The zero-order valence-electron chi connectivity index (χ0n) is 16.0. The molecule has 30 heavy (non-hydrogen) atoms. The van der Waals surface area contributed by atoms with E-state index in [9.17, 15) is 19.7 Å². The maximum absolute atomic E-state index is 12.7. The van der Waals surface area contributed by atoms with Gasteiger partial charge in [-0.3, -0.25) is 10.1 Å². The number of non-ortho nitro benzene ring substituents is 1. The number of esters is 1. The fourth-order valence-electron chi connectivity index (χ4n) is 3.03. The minimum Gasteiger partial charge on any atom is -0.463 e. The molecule has 156 valence electrons. The highest BCUT2D eigenvalue weighted by atomic mass is 127. The Labute approximate surface area is 186 Å². The van der Waals surface area contributed by atoms with E-state index in [1.165, 1.54) is 18.2 Å². The number of rotatable bonds is 7. The van der Waals surface area contributed by atoms with Crippen LogP contribution in [0.2, 0.25) is 0 Å². The summed E-state index contributed by atoms with van der Waals surface area (Å²) in [5.41, 5.74) is 1.61. The van der Waals surface area contributed by atoms with Crippen LogP contribution in [0.1, 0.15) is 18.5 Å². The molecule has 2 aromatic carbocycles. The number of urea groups is 1. The maximum atomic E-state index is 12.7. The van der Waals surface area contributed by atoms with Crippen LogP contribution in [0.4, 0.5) is 16.2 Å².